The lowest BCUT2D eigenvalue weighted by Gasteiger charge is -2.26. The predicted octanol–water partition coefficient (Wildman–Crippen LogP) is 5.47. The van der Waals surface area contributed by atoms with Gasteiger partial charge in [-0.1, -0.05) is 51.2 Å². The van der Waals surface area contributed by atoms with Crippen molar-refractivity contribution >= 4 is 11.9 Å². The van der Waals surface area contributed by atoms with E-state index in [9.17, 15) is 9.59 Å². The normalized spacial score (nSPS) is 20.3. The van der Waals surface area contributed by atoms with Crippen molar-refractivity contribution in [2.75, 3.05) is 6.54 Å². The van der Waals surface area contributed by atoms with E-state index in [1.54, 1.807) is 0 Å². The number of carbonyl (C=O) groups excluding carboxylic acids is 1. The van der Waals surface area contributed by atoms with Crippen LogP contribution in [-0.4, -0.2) is 23.5 Å². The predicted molar refractivity (Wildman–Crippen MR) is 107 cm³/mol. The van der Waals surface area contributed by atoms with Crippen LogP contribution in [0.3, 0.4) is 0 Å². The summed E-state index contributed by atoms with van der Waals surface area (Å²) in [4.78, 5) is 22.8. The molecule has 1 amide bonds. The van der Waals surface area contributed by atoms with Crippen molar-refractivity contribution in [2.45, 2.75) is 96.8 Å². The van der Waals surface area contributed by atoms with Crippen LogP contribution < -0.4 is 5.32 Å². The maximum Gasteiger partial charge on any atom is 0.306 e. The standard InChI is InChI=1S/C22H39NO3/c1-2-3-4-5-6-7-8-9-10-11-12-13-21(24)23-18-19-14-16-20(17-15-19)22(25)26/h5-6,19-20H,2-4,7-18H2,1H3,(H,23,24)(H,25,26). The third kappa shape index (κ3) is 11.3. The Morgan fingerprint density at radius 1 is 0.923 bits per heavy atom. The van der Waals surface area contributed by atoms with Crippen LogP contribution in [0, 0.1) is 11.8 Å². The second-order valence-electron chi connectivity index (χ2n) is 7.78. The zero-order chi connectivity index (χ0) is 19.0. The SMILES string of the molecule is CCCCC=CCCCCCCCC(=O)NCC1CCC(C(=O)O)CC1. The number of allylic oxidation sites excluding steroid dienone is 2. The van der Waals surface area contributed by atoms with Gasteiger partial charge in [0.2, 0.25) is 5.91 Å². The smallest absolute Gasteiger partial charge is 0.306 e. The summed E-state index contributed by atoms with van der Waals surface area (Å²) in [6.07, 6.45) is 19.4. The van der Waals surface area contributed by atoms with Crippen LogP contribution in [0.4, 0.5) is 0 Å². The molecule has 0 saturated heterocycles. The van der Waals surface area contributed by atoms with E-state index in [1.807, 2.05) is 0 Å². The lowest BCUT2D eigenvalue weighted by atomic mass is 9.82. The number of carboxylic acid groups (broad SMARTS) is 1. The Balaban J connectivity index is 1.90. The molecule has 150 valence electrons. The Kier molecular flexibility index (Phi) is 12.9. The van der Waals surface area contributed by atoms with Crippen LogP contribution in [0.25, 0.3) is 0 Å². The van der Waals surface area contributed by atoms with Gasteiger partial charge in [0.05, 0.1) is 5.92 Å². The first-order valence-corrected chi connectivity index (χ1v) is 10.8. The number of aliphatic carboxylic acids is 1. The van der Waals surface area contributed by atoms with E-state index in [1.165, 1.54) is 44.9 Å². The summed E-state index contributed by atoms with van der Waals surface area (Å²) in [5.74, 6) is -0.224. The molecule has 0 atom stereocenters. The molecule has 0 bridgehead atoms. The van der Waals surface area contributed by atoms with Crippen molar-refractivity contribution < 1.29 is 14.7 Å². The molecule has 0 radical (unpaired) electrons. The van der Waals surface area contributed by atoms with E-state index in [0.717, 1.165) is 45.1 Å². The summed E-state index contributed by atoms with van der Waals surface area (Å²) in [5.41, 5.74) is 0. The molecule has 1 aliphatic rings. The summed E-state index contributed by atoms with van der Waals surface area (Å²) >= 11 is 0. The quantitative estimate of drug-likeness (QED) is 0.317. The van der Waals surface area contributed by atoms with Gasteiger partial charge >= 0.3 is 5.97 Å². The Bertz CT molecular complexity index is 412. The molecule has 4 nitrogen and oxygen atoms in total. The van der Waals surface area contributed by atoms with Crippen molar-refractivity contribution in [1.82, 2.24) is 5.32 Å². The zero-order valence-electron chi connectivity index (χ0n) is 16.7. The van der Waals surface area contributed by atoms with Crippen LogP contribution in [0.15, 0.2) is 12.2 Å². The van der Waals surface area contributed by atoms with Gasteiger partial charge in [-0.25, -0.2) is 0 Å². The van der Waals surface area contributed by atoms with Crippen LogP contribution in [0.1, 0.15) is 96.8 Å². The van der Waals surface area contributed by atoms with Gasteiger partial charge in [0.1, 0.15) is 0 Å². The fourth-order valence-corrected chi connectivity index (χ4v) is 3.60. The second kappa shape index (κ2) is 14.8. The lowest BCUT2D eigenvalue weighted by molar-refractivity contribution is -0.143. The fraction of sp³-hybridized carbons (Fsp3) is 0.818. The van der Waals surface area contributed by atoms with Crippen molar-refractivity contribution in [3.63, 3.8) is 0 Å². The van der Waals surface area contributed by atoms with Gasteiger partial charge in [-0.2, -0.15) is 0 Å². The van der Waals surface area contributed by atoms with Crippen molar-refractivity contribution in [1.29, 1.82) is 0 Å². The molecule has 0 heterocycles. The zero-order valence-corrected chi connectivity index (χ0v) is 16.7. The molecule has 1 fully saturated rings. The highest BCUT2D eigenvalue weighted by atomic mass is 16.4. The monoisotopic (exact) mass is 365 g/mol. The molecule has 1 aliphatic carbocycles. The molecule has 0 aromatic heterocycles. The van der Waals surface area contributed by atoms with Crippen LogP contribution in [0.2, 0.25) is 0 Å². The number of carboxylic acids is 1. The van der Waals surface area contributed by atoms with Gasteiger partial charge in [0, 0.05) is 13.0 Å². The van der Waals surface area contributed by atoms with Gasteiger partial charge < -0.3 is 10.4 Å². The minimum atomic E-state index is -0.667. The molecule has 2 N–H and O–H groups in total. The van der Waals surface area contributed by atoms with Gasteiger partial charge in [-0.3, -0.25) is 9.59 Å². The second-order valence-corrected chi connectivity index (χ2v) is 7.78. The first-order valence-electron chi connectivity index (χ1n) is 10.8. The molecule has 0 aliphatic heterocycles. The average molecular weight is 366 g/mol. The first-order chi connectivity index (χ1) is 12.6. The summed E-state index contributed by atoms with van der Waals surface area (Å²) in [6, 6.07) is 0. The summed E-state index contributed by atoms with van der Waals surface area (Å²) in [7, 11) is 0. The van der Waals surface area contributed by atoms with Crippen molar-refractivity contribution in [2.24, 2.45) is 11.8 Å². The minimum Gasteiger partial charge on any atom is -0.481 e. The Labute approximate surface area is 159 Å². The van der Waals surface area contributed by atoms with Crippen LogP contribution in [0.5, 0.6) is 0 Å². The number of amides is 1. The molecule has 4 heteroatoms. The summed E-state index contributed by atoms with van der Waals surface area (Å²) in [5, 5.41) is 12.0. The van der Waals surface area contributed by atoms with Gasteiger partial charge in [-0.15, -0.1) is 0 Å². The van der Waals surface area contributed by atoms with E-state index in [2.05, 4.69) is 24.4 Å². The van der Waals surface area contributed by atoms with Crippen LogP contribution >= 0.6 is 0 Å². The summed E-state index contributed by atoms with van der Waals surface area (Å²) in [6.45, 7) is 2.94. The first kappa shape index (κ1) is 22.7. The molecule has 26 heavy (non-hydrogen) atoms. The van der Waals surface area contributed by atoms with E-state index in [0.29, 0.717) is 12.3 Å². The molecule has 0 unspecified atom stereocenters. The fourth-order valence-electron chi connectivity index (χ4n) is 3.60. The van der Waals surface area contributed by atoms with Crippen molar-refractivity contribution in [3.05, 3.63) is 12.2 Å². The van der Waals surface area contributed by atoms with Gasteiger partial charge in [0.15, 0.2) is 0 Å². The topological polar surface area (TPSA) is 66.4 Å². The third-order valence-corrected chi connectivity index (χ3v) is 5.45. The molecule has 0 aromatic rings. The largest absolute Gasteiger partial charge is 0.481 e. The van der Waals surface area contributed by atoms with Crippen LogP contribution in [-0.2, 0) is 9.59 Å². The van der Waals surface area contributed by atoms with E-state index >= 15 is 0 Å². The molecule has 0 spiro atoms. The number of rotatable bonds is 14. The number of hydrogen-bond donors (Lipinski definition) is 2. The highest BCUT2D eigenvalue weighted by Gasteiger charge is 2.25. The molecule has 0 aromatic carbocycles. The van der Waals surface area contributed by atoms with Gasteiger partial charge in [-0.05, 0) is 57.3 Å². The highest BCUT2D eigenvalue weighted by Crippen LogP contribution is 2.28. The Morgan fingerprint density at radius 2 is 1.54 bits per heavy atom. The van der Waals surface area contributed by atoms with E-state index in [4.69, 9.17) is 5.11 Å². The van der Waals surface area contributed by atoms with Crippen molar-refractivity contribution in [3.8, 4) is 0 Å². The average Bonchev–Trinajstić information content (AvgIpc) is 2.64. The number of nitrogens with one attached hydrogen (secondary N) is 1. The Hall–Kier alpha value is -1.32. The van der Waals surface area contributed by atoms with E-state index < -0.39 is 5.97 Å². The molecule has 1 rings (SSSR count). The summed E-state index contributed by atoms with van der Waals surface area (Å²) < 4.78 is 0. The lowest BCUT2D eigenvalue weighted by Crippen LogP contribution is -2.32. The maximum absolute atomic E-state index is 11.9. The Morgan fingerprint density at radius 3 is 2.19 bits per heavy atom. The third-order valence-electron chi connectivity index (χ3n) is 5.45. The number of carbonyl (C=O) groups is 2. The number of unbranched alkanes of at least 4 members (excludes halogenated alkanes) is 7. The highest BCUT2D eigenvalue weighted by molar-refractivity contribution is 5.75. The molecular formula is C22H39NO3. The number of hydrogen-bond acceptors (Lipinski definition) is 2. The van der Waals surface area contributed by atoms with E-state index in [-0.39, 0.29) is 11.8 Å². The molecular weight excluding hydrogens is 326 g/mol. The minimum absolute atomic E-state index is 0.157. The molecule has 1 saturated carbocycles. The maximum atomic E-state index is 11.9. The van der Waals surface area contributed by atoms with Gasteiger partial charge in [0.25, 0.3) is 0 Å².